The molecule has 0 bridgehead atoms. The molecule has 3 N–H and O–H groups in total. The number of amides is 1. The Morgan fingerprint density at radius 1 is 1.05 bits per heavy atom. The van der Waals surface area contributed by atoms with Crippen molar-refractivity contribution < 1.29 is 18.0 Å². The van der Waals surface area contributed by atoms with Crippen LogP contribution in [0.1, 0.15) is 22.7 Å². The average molecular weight is 308 g/mol. The van der Waals surface area contributed by atoms with Crippen molar-refractivity contribution in [3.63, 3.8) is 0 Å². The lowest BCUT2D eigenvalue weighted by Gasteiger charge is -2.14. The molecule has 0 fully saturated rings. The first-order valence-corrected chi connectivity index (χ1v) is 6.62. The molecule has 0 saturated carbocycles. The van der Waals surface area contributed by atoms with Crippen molar-refractivity contribution in [2.75, 3.05) is 0 Å². The molecule has 1 amide bonds. The van der Waals surface area contributed by atoms with Gasteiger partial charge in [0.1, 0.15) is 6.04 Å². The number of carbonyl (C=O) groups is 1. The summed E-state index contributed by atoms with van der Waals surface area (Å²) in [7, 11) is 0. The fourth-order valence-electron chi connectivity index (χ4n) is 1.93. The lowest BCUT2D eigenvalue weighted by atomic mass is 10.0. The van der Waals surface area contributed by atoms with Gasteiger partial charge in [-0.1, -0.05) is 42.5 Å². The Morgan fingerprint density at radius 2 is 1.64 bits per heavy atom. The van der Waals surface area contributed by atoms with Crippen LogP contribution in [0.15, 0.2) is 54.6 Å². The fourth-order valence-corrected chi connectivity index (χ4v) is 1.93. The van der Waals surface area contributed by atoms with Gasteiger partial charge in [0.05, 0.1) is 5.56 Å². The third kappa shape index (κ3) is 4.08. The zero-order valence-corrected chi connectivity index (χ0v) is 11.6. The molecule has 0 spiro atoms. The lowest BCUT2D eigenvalue weighted by Crippen LogP contribution is -2.33. The molecule has 0 saturated heterocycles. The molecule has 1 unspecified atom stereocenters. The van der Waals surface area contributed by atoms with E-state index in [0.717, 1.165) is 17.7 Å². The van der Waals surface area contributed by atoms with Gasteiger partial charge >= 0.3 is 6.18 Å². The molecule has 2 aromatic rings. The number of benzene rings is 2. The van der Waals surface area contributed by atoms with E-state index in [1.165, 1.54) is 12.1 Å². The highest BCUT2D eigenvalue weighted by Gasteiger charge is 2.30. The molecular weight excluding hydrogens is 293 g/mol. The lowest BCUT2D eigenvalue weighted by molar-refractivity contribution is -0.137. The maximum absolute atomic E-state index is 12.5. The summed E-state index contributed by atoms with van der Waals surface area (Å²) in [4.78, 5) is 11.9. The van der Waals surface area contributed by atoms with Crippen LogP contribution < -0.4 is 11.1 Å². The Labute approximate surface area is 125 Å². The Morgan fingerprint density at radius 3 is 2.18 bits per heavy atom. The normalized spacial score (nSPS) is 12.7. The summed E-state index contributed by atoms with van der Waals surface area (Å²) in [5.74, 6) is -0.441. The van der Waals surface area contributed by atoms with Crippen molar-refractivity contribution in [3.05, 3.63) is 71.3 Å². The maximum Gasteiger partial charge on any atom is 0.416 e. The molecule has 2 aromatic carbocycles. The summed E-state index contributed by atoms with van der Waals surface area (Å²) in [6.45, 7) is 0.314. The zero-order chi connectivity index (χ0) is 16.2. The van der Waals surface area contributed by atoms with Gasteiger partial charge in [-0.15, -0.1) is 0 Å². The van der Waals surface area contributed by atoms with Crippen LogP contribution in [-0.4, -0.2) is 5.91 Å². The van der Waals surface area contributed by atoms with Gasteiger partial charge in [-0.25, -0.2) is 0 Å². The van der Waals surface area contributed by atoms with E-state index in [2.05, 4.69) is 5.32 Å². The second-order valence-corrected chi connectivity index (χ2v) is 4.80. The van der Waals surface area contributed by atoms with Gasteiger partial charge in [-0.05, 0) is 23.3 Å². The van der Waals surface area contributed by atoms with Crippen molar-refractivity contribution in [1.29, 1.82) is 0 Å². The van der Waals surface area contributed by atoms with Crippen molar-refractivity contribution >= 4 is 5.91 Å². The summed E-state index contributed by atoms with van der Waals surface area (Å²) in [5, 5.41) is 2.66. The summed E-state index contributed by atoms with van der Waals surface area (Å²) < 4.78 is 37.4. The van der Waals surface area contributed by atoms with E-state index in [1.807, 2.05) is 30.3 Å². The molecule has 0 aliphatic heterocycles. The van der Waals surface area contributed by atoms with E-state index in [4.69, 9.17) is 5.73 Å². The number of hydrogen-bond acceptors (Lipinski definition) is 2. The van der Waals surface area contributed by atoms with Gasteiger partial charge in [0.2, 0.25) is 5.91 Å². The SMILES string of the molecule is NC(C(=O)NCc1ccccc1)c1ccc(C(F)(F)F)cc1. The number of nitrogens with two attached hydrogens (primary N) is 1. The highest BCUT2D eigenvalue weighted by atomic mass is 19.4. The summed E-state index contributed by atoms with van der Waals surface area (Å²) in [6.07, 6.45) is -4.40. The molecule has 0 aromatic heterocycles. The van der Waals surface area contributed by atoms with Gasteiger partial charge in [-0.3, -0.25) is 4.79 Å². The minimum Gasteiger partial charge on any atom is -0.350 e. The topological polar surface area (TPSA) is 55.1 Å². The van der Waals surface area contributed by atoms with E-state index >= 15 is 0 Å². The number of alkyl halides is 3. The molecule has 2 rings (SSSR count). The van der Waals surface area contributed by atoms with E-state index in [0.29, 0.717) is 12.1 Å². The molecule has 22 heavy (non-hydrogen) atoms. The van der Waals surface area contributed by atoms with Crippen LogP contribution in [-0.2, 0) is 17.5 Å². The van der Waals surface area contributed by atoms with Gasteiger partial charge in [0.15, 0.2) is 0 Å². The van der Waals surface area contributed by atoms with Gasteiger partial charge in [-0.2, -0.15) is 13.2 Å². The van der Waals surface area contributed by atoms with Crippen LogP contribution in [0.4, 0.5) is 13.2 Å². The zero-order valence-electron chi connectivity index (χ0n) is 11.6. The summed E-state index contributed by atoms with van der Waals surface area (Å²) in [5.41, 5.74) is 6.24. The Kier molecular flexibility index (Phi) is 4.82. The molecule has 116 valence electrons. The second kappa shape index (κ2) is 6.62. The molecule has 0 aliphatic rings. The van der Waals surface area contributed by atoms with E-state index in [9.17, 15) is 18.0 Å². The van der Waals surface area contributed by atoms with Gasteiger partial charge in [0.25, 0.3) is 0 Å². The third-order valence-corrected chi connectivity index (χ3v) is 3.19. The minimum absolute atomic E-state index is 0.314. The molecule has 6 heteroatoms. The molecule has 3 nitrogen and oxygen atoms in total. The molecule has 1 atom stereocenters. The quantitative estimate of drug-likeness (QED) is 0.912. The van der Waals surface area contributed by atoms with Crippen LogP contribution in [0.3, 0.4) is 0 Å². The fraction of sp³-hybridized carbons (Fsp3) is 0.188. The number of hydrogen-bond donors (Lipinski definition) is 2. The number of rotatable bonds is 4. The van der Waals surface area contributed by atoms with Crippen LogP contribution in [0.25, 0.3) is 0 Å². The first kappa shape index (κ1) is 16.0. The van der Waals surface area contributed by atoms with Gasteiger partial charge in [0, 0.05) is 6.54 Å². The Hall–Kier alpha value is -2.34. The second-order valence-electron chi connectivity index (χ2n) is 4.80. The Balaban J connectivity index is 1.98. The van der Waals surface area contributed by atoms with E-state index in [-0.39, 0.29) is 0 Å². The van der Waals surface area contributed by atoms with Crippen molar-refractivity contribution in [1.82, 2.24) is 5.32 Å². The van der Waals surface area contributed by atoms with Crippen LogP contribution >= 0.6 is 0 Å². The number of halogens is 3. The molecule has 0 heterocycles. The number of nitrogens with one attached hydrogen (secondary N) is 1. The smallest absolute Gasteiger partial charge is 0.350 e. The van der Waals surface area contributed by atoms with Crippen molar-refractivity contribution in [2.45, 2.75) is 18.8 Å². The first-order valence-electron chi connectivity index (χ1n) is 6.62. The van der Waals surface area contributed by atoms with Crippen molar-refractivity contribution in [2.24, 2.45) is 5.73 Å². The third-order valence-electron chi connectivity index (χ3n) is 3.19. The molecule has 0 radical (unpaired) electrons. The van der Waals surface area contributed by atoms with Crippen LogP contribution in [0.2, 0.25) is 0 Å². The van der Waals surface area contributed by atoms with Crippen molar-refractivity contribution in [3.8, 4) is 0 Å². The monoisotopic (exact) mass is 308 g/mol. The maximum atomic E-state index is 12.5. The average Bonchev–Trinajstić information content (AvgIpc) is 2.52. The minimum atomic E-state index is -4.40. The van der Waals surface area contributed by atoms with E-state index < -0.39 is 23.7 Å². The summed E-state index contributed by atoms with van der Waals surface area (Å²) >= 11 is 0. The van der Waals surface area contributed by atoms with E-state index in [1.54, 1.807) is 0 Å². The van der Waals surface area contributed by atoms with Gasteiger partial charge < -0.3 is 11.1 Å². The predicted octanol–water partition coefficient (Wildman–Crippen LogP) is 3.02. The van der Waals surface area contributed by atoms with Crippen LogP contribution in [0.5, 0.6) is 0 Å². The molecular formula is C16H15F3N2O. The Bertz CT molecular complexity index is 624. The highest BCUT2D eigenvalue weighted by molar-refractivity contribution is 5.82. The predicted molar refractivity (Wildman–Crippen MR) is 76.7 cm³/mol. The van der Waals surface area contributed by atoms with Crippen LogP contribution in [0, 0.1) is 0 Å². The number of carbonyl (C=O) groups excluding carboxylic acids is 1. The standard InChI is InChI=1S/C16H15F3N2O/c17-16(18,19)13-8-6-12(7-9-13)14(20)15(22)21-10-11-4-2-1-3-5-11/h1-9,14H,10,20H2,(H,21,22). The first-order chi connectivity index (χ1) is 10.4. The summed E-state index contributed by atoms with van der Waals surface area (Å²) in [6, 6.07) is 12.5. The molecule has 0 aliphatic carbocycles. The highest BCUT2D eigenvalue weighted by Crippen LogP contribution is 2.29. The largest absolute Gasteiger partial charge is 0.416 e.